The maximum atomic E-state index is 13.7. The molecule has 1 aromatic rings. The maximum absolute atomic E-state index is 13.7. The molecule has 5 nitrogen and oxygen atoms in total. The summed E-state index contributed by atoms with van der Waals surface area (Å²) in [6.07, 6.45) is 1.48. The molecular weight excluding hydrogens is 227 g/mol. The molecule has 0 atom stereocenters. The van der Waals surface area contributed by atoms with Gasteiger partial charge in [0.25, 0.3) is 0 Å². The fraction of sp³-hybridized carbons (Fsp3) is 0.455. The lowest BCUT2D eigenvalue weighted by Crippen LogP contribution is -2.34. The lowest BCUT2D eigenvalue weighted by atomic mass is 10.1. The van der Waals surface area contributed by atoms with Crippen LogP contribution in [0.3, 0.4) is 0 Å². The second-order valence-electron chi connectivity index (χ2n) is 3.91. The van der Waals surface area contributed by atoms with E-state index in [2.05, 4.69) is 5.32 Å². The summed E-state index contributed by atoms with van der Waals surface area (Å²) in [5.74, 6) is -0.929. The van der Waals surface area contributed by atoms with Gasteiger partial charge < -0.3 is 10.1 Å². The molecule has 1 N–H and O–H groups in total. The Morgan fingerprint density at radius 1 is 1.41 bits per heavy atom. The van der Waals surface area contributed by atoms with Crippen LogP contribution in [0.2, 0.25) is 0 Å². The quantitative estimate of drug-likeness (QED) is 0.647. The number of benzene rings is 1. The molecule has 1 fully saturated rings. The highest BCUT2D eigenvalue weighted by Crippen LogP contribution is 2.27. The number of nitrogens with zero attached hydrogens (tertiary/aromatic N) is 1. The molecule has 92 valence electrons. The molecule has 0 aromatic heterocycles. The number of nitrogens with one attached hydrogen (secondary N) is 1. The topological polar surface area (TPSA) is 64.4 Å². The summed E-state index contributed by atoms with van der Waals surface area (Å²) in [6, 6.07) is 3.98. The molecule has 1 aliphatic rings. The first kappa shape index (κ1) is 11.8. The van der Waals surface area contributed by atoms with Crippen molar-refractivity contribution in [3.05, 3.63) is 34.1 Å². The number of rotatable bonds is 3. The van der Waals surface area contributed by atoms with Gasteiger partial charge in [0, 0.05) is 6.07 Å². The summed E-state index contributed by atoms with van der Waals surface area (Å²) in [5.41, 5.74) is -0.545. The van der Waals surface area contributed by atoms with E-state index < -0.39 is 16.4 Å². The third kappa shape index (κ3) is 2.71. The van der Waals surface area contributed by atoms with Crippen LogP contribution in [0, 0.1) is 15.9 Å². The van der Waals surface area contributed by atoms with E-state index in [1.807, 2.05) is 0 Å². The normalized spacial score (nSPS) is 16.8. The zero-order valence-electron chi connectivity index (χ0n) is 9.19. The molecule has 1 saturated heterocycles. The van der Waals surface area contributed by atoms with Crippen LogP contribution in [0.5, 0.6) is 5.75 Å². The number of halogens is 1. The molecule has 0 bridgehead atoms. The number of ether oxygens (including phenoxy) is 1. The largest absolute Gasteiger partial charge is 0.487 e. The van der Waals surface area contributed by atoms with Crippen molar-refractivity contribution >= 4 is 5.69 Å². The van der Waals surface area contributed by atoms with Gasteiger partial charge in [0.05, 0.1) is 4.92 Å². The van der Waals surface area contributed by atoms with E-state index in [9.17, 15) is 14.5 Å². The minimum Gasteiger partial charge on any atom is -0.487 e. The molecule has 17 heavy (non-hydrogen) atoms. The Morgan fingerprint density at radius 2 is 2.12 bits per heavy atom. The lowest BCUT2D eigenvalue weighted by molar-refractivity contribution is -0.387. The number of nitro benzene ring substituents is 1. The summed E-state index contributed by atoms with van der Waals surface area (Å²) >= 11 is 0. The molecule has 6 heteroatoms. The fourth-order valence-corrected chi connectivity index (χ4v) is 1.82. The average molecular weight is 240 g/mol. The summed E-state index contributed by atoms with van der Waals surface area (Å²) in [5, 5.41) is 13.7. The summed E-state index contributed by atoms with van der Waals surface area (Å²) in [7, 11) is 0. The first-order chi connectivity index (χ1) is 8.18. The smallest absolute Gasteiger partial charge is 0.308 e. The van der Waals surface area contributed by atoms with Crippen molar-refractivity contribution in [2.45, 2.75) is 18.9 Å². The Labute approximate surface area is 97.7 Å². The zero-order chi connectivity index (χ0) is 12.3. The Balaban J connectivity index is 2.15. The van der Waals surface area contributed by atoms with Crippen molar-refractivity contribution in [1.29, 1.82) is 0 Å². The number of hydrogen-bond donors (Lipinski definition) is 1. The first-order valence-electron chi connectivity index (χ1n) is 5.49. The number of piperidine rings is 1. The number of hydrogen-bond acceptors (Lipinski definition) is 4. The van der Waals surface area contributed by atoms with E-state index in [4.69, 9.17) is 4.74 Å². The van der Waals surface area contributed by atoms with Crippen LogP contribution in [0.15, 0.2) is 18.2 Å². The predicted molar refractivity (Wildman–Crippen MR) is 59.6 cm³/mol. The van der Waals surface area contributed by atoms with Gasteiger partial charge in [-0.25, -0.2) is 0 Å². The van der Waals surface area contributed by atoms with Crippen LogP contribution < -0.4 is 10.1 Å². The van der Waals surface area contributed by atoms with Crippen molar-refractivity contribution in [1.82, 2.24) is 5.32 Å². The molecule has 0 aliphatic carbocycles. The Bertz CT molecular complexity index is 419. The SMILES string of the molecule is O=[N+]([O-])c1cccc(OC2CCNCC2)c1F. The van der Waals surface area contributed by atoms with E-state index in [1.54, 1.807) is 0 Å². The average Bonchev–Trinajstić information content (AvgIpc) is 2.33. The van der Waals surface area contributed by atoms with Gasteiger partial charge in [-0.15, -0.1) is 0 Å². The van der Waals surface area contributed by atoms with Crippen molar-refractivity contribution in [2.24, 2.45) is 0 Å². The number of nitro groups is 1. The van der Waals surface area contributed by atoms with Crippen LogP contribution in [0.1, 0.15) is 12.8 Å². The van der Waals surface area contributed by atoms with Crippen LogP contribution >= 0.6 is 0 Å². The van der Waals surface area contributed by atoms with Crippen molar-refractivity contribution in [3.63, 3.8) is 0 Å². The molecule has 1 aromatic carbocycles. The molecule has 1 aliphatic heterocycles. The van der Waals surface area contributed by atoms with Crippen LogP contribution in [-0.2, 0) is 0 Å². The minimum absolute atomic E-state index is 0.0360. The standard InChI is InChI=1S/C11H13FN2O3/c12-11-9(14(15)16)2-1-3-10(11)17-8-4-6-13-7-5-8/h1-3,8,13H,4-7H2. The fourth-order valence-electron chi connectivity index (χ4n) is 1.82. The van der Waals surface area contributed by atoms with E-state index in [1.165, 1.54) is 12.1 Å². The van der Waals surface area contributed by atoms with E-state index >= 15 is 0 Å². The second-order valence-corrected chi connectivity index (χ2v) is 3.91. The highest BCUT2D eigenvalue weighted by atomic mass is 19.1. The van der Waals surface area contributed by atoms with Crippen LogP contribution in [0.25, 0.3) is 0 Å². The molecular formula is C11H13FN2O3. The zero-order valence-corrected chi connectivity index (χ0v) is 9.19. The summed E-state index contributed by atoms with van der Waals surface area (Å²) < 4.78 is 19.2. The monoisotopic (exact) mass is 240 g/mol. The van der Waals surface area contributed by atoms with Crippen molar-refractivity contribution in [2.75, 3.05) is 13.1 Å². The van der Waals surface area contributed by atoms with Crippen LogP contribution in [0.4, 0.5) is 10.1 Å². The van der Waals surface area contributed by atoms with Gasteiger partial charge in [-0.3, -0.25) is 10.1 Å². The van der Waals surface area contributed by atoms with Crippen molar-refractivity contribution in [3.8, 4) is 5.75 Å². The third-order valence-corrected chi connectivity index (χ3v) is 2.72. The second kappa shape index (κ2) is 5.09. The minimum atomic E-state index is -0.893. The summed E-state index contributed by atoms with van der Waals surface area (Å²) in [6.45, 7) is 1.64. The van der Waals surface area contributed by atoms with E-state index in [-0.39, 0.29) is 11.9 Å². The van der Waals surface area contributed by atoms with Gasteiger partial charge >= 0.3 is 5.69 Å². The molecule has 2 rings (SSSR count). The van der Waals surface area contributed by atoms with Crippen LogP contribution in [-0.4, -0.2) is 24.1 Å². The van der Waals surface area contributed by atoms with Crippen molar-refractivity contribution < 1.29 is 14.1 Å². The van der Waals surface area contributed by atoms with Gasteiger partial charge in [0.15, 0.2) is 5.75 Å². The highest BCUT2D eigenvalue weighted by Gasteiger charge is 2.21. The van der Waals surface area contributed by atoms with Gasteiger partial charge in [-0.1, -0.05) is 6.07 Å². The van der Waals surface area contributed by atoms with Gasteiger partial charge in [0.1, 0.15) is 6.10 Å². The molecule has 0 spiro atoms. The lowest BCUT2D eigenvalue weighted by Gasteiger charge is -2.23. The molecule has 0 amide bonds. The van der Waals surface area contributed by atoms with E-state index in [0.29, 0.717) is 0 Å². The Morgan fingerprint density at radius 3 is 2.76 bits per heavy atom. The third-order valence-electron chi connectivity index (χ3n) is 2.72. The van der Waals surface area contributed by atoms with Gasteiger partial charge in [0.2, 0.25) is 5.82 Å². The predicted octanol–water partition coefficient (Wildman–Crippen LogP) is 1.86. The highest BCUT2D eigenvalue weighted by molar-refractivity contribution is 5.40. The Kier molecular flexibility index (Phi) is 3.53. The van der Waals surface area contributed by atoms with Gasteiger partial charge in [-0.2, -0.15) is 4.39 Å². The van der Waals surface area contributed by atoms with Gasteiger partial charge in [-0.05, 0) is 32.0 Å². The molecule has 1 heterocycles. The maximum Gasteiger partial charge on any atom is 0.308 e. The summed E-state index contributed by atoms with van der Waals surface area (Å²) in [4.78, 5) is 9.82. The first-order valence-corrected chi connectivity index (χ1v) is 5.49. The molecule has 0 saturated carbocycles. The molecule has 0 unspecified atom stereocenters. The van der Waals surface area contributed by atoms with E-state index in [0.717, 1.165) is 32.0 Å². The molecule has 0 radical (unpaired) electrons. The Hall–Kier alpha value is -1.69.